The Morgan fingerprint density at radius 2 is 1.30 bits per heavy atom. The fourth-order valence-corrected chi connectivity index (χ4v) is 4.12. The first-order valence-electron chi connectivity index (χ1n) is 12.6. The lowest BCUT2D eigenvalue weighted by Gasteiger charge is -2.03. The molecule has 0 atom stereocenters. The van der Waals surface area contributed by atoms with Crippen LogP contribution < -0.4 is 4.57 Å². The monoisotopic (exact) mass is 409 g/mol. The SMILES string of the molecule is C=Cc1ccc(C[n+]2ccn(CCCCCCCCCCCCCCCC)c2)cc1. The van der Waals surface area contributed by atoms with Crippen LogP contribution in [0.15, 0.2) is 49.6 Å². The number of rotatable bonds is 18. The number of hydrogen-bond donors (Lipinski definition) is 0. The standard InChI is InChI=1S/C28H45N2/c1-3-5-6-7-8-9-10-11-12-13-14-15-16-17-22-29-23-24-30(26-29)25-28-20-18-27(4-2)19-21-28/h4,18-21,23-24,26H,2-3,5-17,22,25H2,1H3/q+1. The molecular weight excluding hydrogens is 364 g/mol. The maximum Gasteiger partial charge on any atom is 0.244 e. The van der Waals surface area contributed by atoms with Gasteiger partial charge in [0.15, 0.2) is 0 Å². The molecule has 0 saturated heterocycles. The van der Waals surface area contributed by atoms with Gasteiger partial charge in [-0.3, -0.25) is 0 Å². The Bertz CT molecular complexity index is 668. The molecule has 30 heavy (non-hydrogen) atoms. The molecule has 1 aromatic heterocycles. The van der Waals surface area contributed by atoms with E-state index in [1.807, 2.05) is 6.08 Å². The van der Waals surface area contributed by atoms with Gasteiger partial charge in [0, 0.05) is 0 Å². The zero-order chi connectivity index (χ0) is 21.3. The van der Waals surface area contributed by atoms with E-state index in [1.165, 1.54) is 101 Å². The van der Waals surface area contributed by atoms with Crippen LogP contribution in [0.25, 0.3) is 6.08 Å². The average Bonchev–Trinajstić information content (AvgIpc) is 3.21. The third-order valence-corrected chi connectivity index (χ3v) is 6.10. The van der Waals surface area contributed by atoms with E-state index >= 15 is 0 Å². The van der Waals surface area contributed by atoms with Crippen LogP contribution in [-0.4, -0.2) is 4.57 Å². The largest absolute Gasteiger partial charge is 0.244 e. The van der Waals surface area contributed by atoms with Gasteiger partial charge in [-0.05, 0) is 24.0 Å². The summed E-state index contributed by atoms with van der Waals surface area (Å²) in [5.41, 5.74) is 2.51. The zero-order valence-electron chi connectivity index (χ0n) is 19.5. The second-order valence-corrected chi connectivity index (χ2v) is 8.87. The summed E-state index contributed by atoms with van der Waals surface area (Å²) in [7, 11) is 0. The molecule has 2 nitrogen and oxygen atoms in total. The van der Waals surface area contributed by atoms with Crippen molar-refractivity contribution in [3.05, 3.63) is 60.7 Å². The molecule has 166 valence electrons. The maximum absolute atomic E-state index is 3.82. The van der Waals surface area contributed by atoms with Crippen LogP contribution >= 0.6 is 0 Å². The van der Waals surface area contributed by atoms with Crippen molar-refractivity contribution in [3.8, 4) is 0 Å². The first kappa shape index (κ1) is 24.4. The lowest BCUT2D eigenvalue weighted by Crippen LogP contribution is -2.31. The van der Waals surface area contributed by atoms with Crippen LogP contribution in [0.5, 0.6) is 0 Å². The van der Waals surface area contributed by atoms with E-state index in [9.17, 15) is 0 Å². The number of aryl methyl sites for hydroxylation is 1. The van der Waals surface area contributed by atoms with Gasteiger partial charge in [-0.2, -0.15) is 0 Å². The molecule has 1 aromatic carbocycles. The van der Waals surface area contributed by atoms with Crippen LogP contribution in [0.3, 0.4) is 0 Å². The molecule has 1 heterocycles. The zero-order valence-corrected chi connectivity index (χ0v) is 19.5. The first-order valence-corrected chi connectivity index (χ1v) is 12.6. The minimum atomic E-state index is 0.934. The highest BCUT2D eigenvalue weighted by Gasteiger charge is 2.04. The third kappa shape index (κ3) is 10.8. The Hall–Kier alpha value is -1.83. The van der Waals surface area contributed by atoms with Gasteiger partial charge in [-0.25, -0.2) is 9.13 Å². The molecule has 0 aliphatic rings. The quantitative estimate of drug-likeness (QED) is 0.174. The number of aromatic nitrogens is 2. The Morgan fingerprint density at radius 1 is 0.767 bits per heavy atom. The van der Waals surface area contributed by atoms with E-state index in [0.29, 0.717) is 0 Å². The van der Waals surface area contributed by atoms with Gasteiger partial charge in [0.1, 0.15) is 18.9 Å². The lowest BCUT2D eigenvalue weighted by atomic mass is 10.0. The number of benzene rings is 1. The highest BCUT2D eigenvalue weighted by atomic mass is 15.1. The van der Waals surface area contributed by atoms with E-state index in [2.05, 4.69) is 65.6 Å². The average molecular weight is 410 g/mol. The maximum atomic E-state index is 3.82. The number of hydrogen-bond acceptors (Lipinski definition) is 0. The highest BCUT2D eigenvalue weighted by molar-refractivity contribution is 5.47. The summed E-state index contributed by atoms with van der Waals surface area (Å²) in [6.45, 7) is 8.18. The third-order valence-electron chi connectivity index (χ3n) is 6.10. The molecule has 0 aliphatic carbocycles. The van der Waals surface area contributed by atoms with E-state index in [4.69, 9.17) is 0 Å². The first-order chi connectivity index (χ1) is 14.8. The summed E-state index contributed by atoms with van der Waals surface area (Å²) >= 11 is 0. The second-order valence-electron chi connectivity index (χ2n) is 8.87. The fourth-order valence-electron chi connectivity index (χ4n) is 4.12. The van der Waals surface area contributed by atoms with Crippen molar-refractivity contribution in [3.63, 3.8) is 0 Å². The molecule has 2 aromatic rings. The topological polar surface area (TPSA) is 8.81 Å². The molecular formula is C28H45N2+. The summed E-state index contributed by atoms with van der Waals surface area (Å²) in [5.74, 6) is 0. The minimum Gasteiger partial charge on any atom is -0.237 e. The number of unbranched alkanes of at least 4 members (excludes halogenated alkanes) is 13. The summed E-state index contributed by atoms with van der Waals surface area (Å²) in [6.07, 6.45) is 28.4. The Kier molecular flexibility index (Phi) is 13.0. The molecule has 0 N–H and O–H groups in total. The molecule has 0 spiro atoms. The molecule has 2 rings (SSSR count). The van der Waals surface area contributed by atoms with E-state index in [0.717, 1.165) is 13.1 Å². The number of nitrogens with zero attached hydrogens (tertiary/aromatic N) is 2. The van der Waals surface area contributed by atoms with Crippen molar-refractivity contribution < 1.29 is 4.57 Å². The lowest BCUT2D eigenvalue weighted by molar-refractivity contribution is -0.687. The molecule has 0 unspecified atom stereocenters. The predicted octanol–water partition coefficient (Wildman–Crippen LogP) is 7.95. The van der Waals surface area contributed by atoms with Gasteiger partial charge >= 0.3 is 0 Å². The predicted molar refractivity (Wildman–Crippen MR) is 131 cm³/mol. The highest BCUT2D eigenvalue weighted by Crippen LogP contribution is 2.13. The van der Waals surface area contributed by atoms with E-state index in [1.54, 1.807) is 0 Å². The van der Waals surface area contributed by atoms with Crippen LogP contribution in [0.4, 0.5) is 0 Å². The molecule has 0 aliphatic heterocycles. The normalized spacial score (nSPS) is 11.1. The van der Waals surface area contributed by atoms with Crippen LogP contribution in [0.1, 0.15) is 108 Å². The molecule has 2 heteroatoms. The van der Waals surface area contributed by atoms with Gasteiger partial charge in [0.05, 0.1) is 6.54 Å². The second kappa shape index (κ2) is 15.9. The van der Waals surface area contributed by atoms with Crippen LogP contribution in [0, 0.1) is 0 Å². The molecule has 0 saturated carbocycles. The van der Waals surface area contributed by atoms with Gasteiger partial charge in [0.2, 0.25) is 6.33 Å². The van der Waals surface area contributed by atoms with Crippen LogP contribution in [-0.2, 0) is 13.1 Å². The summed E-state index contributed by atoms with van der Waals surface area (Å²) < 4.78 is 4.60. The molecule has 0 bridgehead atoms. The van der Waals surface area contributed by atoms with E-state index < -0.39 is 0 Å². The summed E-state index contributed by atoms with van der Waals surface area (Å²) in [5, 5.41) is 0. The fraction of sp³-hybridized carbons (Fsp3) is 0.607. The van der Waals surface area contributed by atoms with E-state index in [-0.39, 0.29) is 0 Å². The van der Waals surface area contributed by atoms with Crippen molar-refractivity contribution in [1.82, 2.24) is 4.57 Å². The van der Waals surface area contributed by atoms with Crippen LogP contribution in [0.2, 0.25) is 0 Å². The van der Waals surface area contributed by atoms with Crippen molar-refractivity contribution in [2.24, 2.45) is 0 Å². The van der Waals surface area contributed by atoms with Crippen molar-refractivity contribution >= 4 is 6.08 Å². The Labute approximate surface area is 186 Å². The van der Waals surface area contributed by atoms with Crippen molar-refractivity contribution in [1.29, 1.82) is 0 Å². The van der Waals surface area contributed by atoms with Crippen molar-refractivity contribution in [2.75, 3.05) is 0 Å². The van der Waals surface area contributed by atoms with Gasteiger partial charge < -0.3 is 0 Å². The number of imidazole rings is 1. The smallest absolute Gasteiger partial charge is 0.237 e. The Morgan fingerprint density at radius 3 is 1.83 bits per heavy atom. The molecule has 0 amide bonds. The minimum absolute atomic E-state index is 0.934. The summed E-state index contributed by atoms with van der Waals surface area (Å²) in [4.78, 5) is 0. The van der Waals surface area contributed by atoms with Crippen molar-refractivity contribution in [2.45, 2.75) is 110 Å². The van der Waals surface area contributed by atoms with Gasteiger partial charge in [-0.15, -0.1) is 0 Å². The summed E-state index contributed by atoms with van der Waals surface area (Å²) in [6, 6.07) is 8.65. The molecule has 0 radical (unpaired) electrons. The van der Waals surface area contributed by atoms with Gasteiger partial charge in [0.25, 0.3) is 0 Å². The Balaban J connectivity index is 1.43. The molecule has 0 fully saturated rings. The van der Waals surface area contributed by atoms with Gasteiger partial charge in [-0.1, -0.05) is 121 Å².